The summed E-state index contributed by atoms with van der Waals surface area (Å²) in [4.78, 5) is 23.3. The Morgan fingerprint density at radius 2 is 1.80 bits per heavy atom. The lowest BCUT2D eigenvalue weighted by molar-refractivity contribution is -0.133. The number of hydrogen-bond donors (Lipinski definition) is 4. The van der Waals surface area contributed by atoms with Gasteiger partial charge in [-0.3, -0.25) is 4.79 Å². The maximum atomic E-state index is 11.6. The van der Waals surface area contributed by atoms with Gasteiger partial charge in [0, 0.05) is 13.1 Å². The van der Waals surface area contributed by atoms with Crippen LogP contribution in [-0.2, 0) is 4.79 Å². The van der Waals surface area contributed by atoms with Crippen molar-refractivity contribution in [2.75, 3.05) is 26.3 Å². The molecule has 0 aliphatic carbocycles. The monoisotopic (exact) mass is 219 g/mol. The largest absolute Gasteiger partial charge is 0.395 e. The molecule has 0 saturated heterocycles. The van der Waals surface area contributed by atoms with Crippen molar-refractivity contribution in [1.29, 1.82) is 0 Å². The third kappa shape index (κ3) is 5.18. The first-order valence-corrected chi connectivity index (χ1v) is 4.59. The van der Waals surface area contributed by atoms with Crippen molar-refractivity contribution in [2.24, 2.45) is 5.73 Å². The Morgan fingerprint density at radius 1 is 1.33 bits per heavy atom. The molecule has 0 aromatic rings. The summed E-state index contributed by atoms with van der Waals surface area (Å²) in [5.74, 6) is -0.392. The molecule has 7 heteroatoms. The number of nitrogens with zero attached hydrogens (tertiary/aromatic N) is 1. The summed E-state index contributed by atoms with van der Waals surface area (Å²) in [5.41, 5.74) is 4.86. The molecule has 0 heterocycles. The van der Waals surface area contributed by atoms with E-state index >= 15 is 0 Å². The van der Waals surface area contributed by atoms with Crippen molar-refractivity contribution in [2.45, 2.75) is 13.0 Å². The number of urea groups is 1. The van der Waals surface area contributed by atoms with Crippen LogP contribution in [0.5, 0.6) is 0 Å². The highest BCUT2D eigenvalue weighted by Gasteiger charge is 2.20. The van der Waals surface area contributed by atoms with Gasteiger partial charge in [-0.25, -0.2) is 4.79 Å². The maximum absolute atomic E-state index is 11.6. The molecule has 0 rings (SSSR count). The van der Waals surface area contributed by atoms with E-state index in [1.54, 1.807) is 0 Å². The third-order valence-electron chi connectivity index (χ3n) is 1.78. The number of primary amides is 1. The van der Waals surface area contributed by atoms with E-state index in [4.69, 9.17) is 15.9 Å². The summed E-state index contributed by atoms with van der Waals surface area (Å²) in [5, 5.41) is 19.6. The molecule has 7 nitrogen and oxygen atoms in total. The molecule has 0 aromatic heterocycles. The molecule has 0 spiro atoms. The minimum absolute atomic E-state index is 0.115. The average molecular weight is 219 g/mol. The minimum atomic E-state index is -0.788. The molecule has 88 valence electrons. The van der Waals surface area contributed by atoms with E-state index in [0.29, 0.717) is 0 Å². The summed E-state index contributed by atoms with van der Waals surface area (Å²) in [6.07, 6.45) is 0. The molecular weight excluding hydrogens is 202 g/mol. The topological polar surface area (TPSA) is 116 Å². The van der Waals surface area contributed by atoms with Crippen molar-refractivity contribution < 1.29 is 19.8 Å². The van der Waals surface area contributed by atoms with Crippen LogP contribution in [0.15, 0.2) is 0 Å². The SMILES string of the molecule is CC(NC(N)=O)C(=O)N(CCO)CCO. The van der Waals surface area contributed by atoms with Crippen molar-refractivity contribution in [1.82, 2.24) is 10.2 Å². The number of hydrogen-bond acceptors (Lipinski definition) is 4. The first-order chi connectivity index (χ1) is 7.02. The van der Waals surface area contributed by atoms with Gasteiger partial charge in [0.2, 0.25) is 5.91 Å². The van der Waals surface area contributed by atoms with Gasteiger partial charge >= 0.3 is 6.03 Å². The van der Waals surface area contributed by atoms with Crippen molar-refractivity contribution in [3.8, 4) is 0 Å². The van der Waals surface area contributed by atoms with Crippen LogP contribution in [0, 0.1) is 0 Å². The summed E-state index contributed by atoms with van der Waals surface area (Å²) in [6, 6.07) is -1.55. The van der Waals surface area contributed by atoms with Gasteiger partial charge in [0.05, 0.1) is 13.2 Å². The molecule has 0 fully saturated rings. The number of nitrogens with two attached hydrogens (primary N) is 1. The molecule has 0 saturated carbocycles. The molecule has 0 radical (unpaired) electrons. The van der Waals surface area contributed by atoms with Gasteiger partial charge in [-0.2, -0.15) is 0 Å². The number of amides is 3. The molecule has 0 aromatic carbocycles. The van der Waals surface area contributed by atoms with Gasteiger partial charge < -0.3 is 26.2 Å². The van der Waals surface area contributed by atoms with Crippen LogP contribution in [0.3, 0.4) is 0 Å². The predicted molar refractivity (Wildman–Crippen MR) is 52.9 cm³/mol. The standard InChI is InChI=1S/C8H17N3O4/c1-6(10-8(9)15)7(14)11(2-4-12)3-5-13/h6,12-13H,2-5H2,1H3,(H3,9,10,15). The van der Waals surface area contributed by atoms with Crippen LogP contribution in [0.2, 0.25) is 0 Å². The quantitative estimate of drug-likeness (QED) is 0.408. The lowest BCUT2D eigenvalue weighted by Gasteiger charge is -2.24. The molecule has 0 aliphatic heterocycles. The lowest BCUT2D eigenvalue weighted by atomic mass is 10.3. The molecular formula is C8H17N3O4. The van der Waals surface area contributed by atoms with E-state index in [0.717, 1.165) is 0 Å². The molecule has 3 amide bonds. The summed E-state index contributed by atoms with van der Waals surface area (Å²) in [7, 11) is 0. The number of rotatable bonds is 6. The summed E-state index contributed by atoms with van der Waals surface area (Å²) < 4.78 is 0. The van der Waals surface area contributed by atoms with Crippen LogP contribution in [0.25, 0.3) is 0 Å². The van der Waals surface area contributed by atoms with Gasteiger partial charge in [-0.05, 0) is 6.92 Å². The van der Waals surface area contributed by atoms with E-state index in [-0.39, 0.29) is 26.3 Å². The van der Waals surface area contributed by atoms with Crippen molar-refractivity contribution in [3.63, 3.8) is 0 Å². The zero-order chi connectivity index (χ0) is 11.8. The van der Waals surface area contributed by atoms with Gasteiger partial charge in [0.25, 0.3) is 0 Å². The van der Waals surface area contributed by atoms with Gasteiger partial charge in [-0.15, -0.1) is 0 Å². The van der Waals surface area contributed by atoms with E-state index in [1.807, 2.05) is 0 Å². The maximum Gasteiger partial charge on any atom is 0.312 e. The normalized spacial score (nSPS) is 11.9. The third-order valence-corrected chi connectivity index (χ3v) is 1.78. The molecule has 5 N–H and O–H groups in total. The zero-order valence-electron chi connectivity index (χ0n) is 8.64. The highest BCUT2D eigenvalue weighted by Crippen LogP contribution is 1.94. The van der Waals surface area contributed by atoms with Gasteiger partial charge in [0.15, 0.2) is 0 Å². The van der Waals surface area contributed by atoms with Gasteiger partial charge in [-0.1, -0.05) is 0 Å². The Kier molecular flexibility index (Phi) is 6.39. The predicted octanol–water partition coefficient (Wildman–Crippen LogP) is -2.14. The lowest BCUT2D eigenvalue weighted by Crippen LogP contribution is -2.49. The fourth-order valence-electron chi connectivity index (χ4n) is 1.12. The second-order valence-corrected chi connectivity index (χ2v) is 3.00. The van der Waals surface area contributed by atoms with E-state index in [1.165, 1.54) is 11.8 Å². The Bertz CT molecular complexity index is 216. The van der Waals surface area contributed by atoms with Crippen LogP contribution in [0.4, 0.5) is 4.79 Å². The number of carbonyl (C=O) groups excluding carboxylic acids is 2. The molecule has 1 atom stereocenters. The Morgan fingerprint density at radius 3 is 2.13 bits per heavy atom. The zero-order valence-corrected chi connectivity index (χ0v) is 8.64. The van der Waals surface area contributed by atoms with E-state index in [2.05, 4.69) is 5.32 Å². The van der Waals surface area contributed by atoms with Crippen LogP contribution in [0.1, 0.15) is 6.92 Å². The fraction of sp³-hybridized carbons (Fsp3) is 0.750. The van der Waals surface area contributed by atoms with E-state index in [9.17, 15) is 9.59 Å². The molecule has 1 unspecified atom stereocenters. The fourth-order valence-corrected chi connectivity index (χ4v) is 1.12. The second-order valence-electron chi connectivity index (χ2n) is 3.00. The van der Waals surface area contributed by atoms with Crippen molar-refractivity contribution >= 4 is 11.9 Å². The Labute approximate surface area is 87.9 Å². The smallest absolute Gasteiger partial charge is 0.312 e. The highest BCUT2D eigenvalue weighted by molar-refractivity contribution is 5.86. The summed E-state index contributed by atoms with van der Waals surface area (Å²) >= 11 is 0. The van der Waals surface area contributed by atoms with Gasteiger partial charge in [0.1, 0.15) is 6.04 Å². The first-order valence-electron chi connectivity index (χ1n) is 4.59. The first kappa shape index (κ1) is 13.7. The number of aliphatic hydroxyl groups is 2. The minimum Gasteiger partial charge on any atom is -0.395 e. The number of carbonyl (C=O) groups is 2. The van der Waals surface area contributed by atoms with Crippen molar-refractivity contribution in [3.05, 3.63) is 0 Å². The van der Waals surface area contributed by atoms with Crippen LogP contribution >= 0.6 is 0 Å². The van der Waals surface area contributed by atoms with Crippen LogP contribution in [-0.4, -0.2) is 59.4 Å². The Hall–Kier alpha value is -1.34. The molecule has 15 heavy (non-hydrogen) atoms. The Balaban J connectivity index is 4.27. The number of nitrogens with one attached hydrogen (secondary N) is 1. The highest BCUT2D eigenvalue weighted by atomic mass is 16.3. The molecule has 0 bridgehead atoms. The molecule has 0 aliphatic rings. The summed E-state index contributed by atoms with van der Waals surface area (Å²) in [6.45, 7) is 1.31. The average Bonchev–Trinajstić information content (AvgIpc) is 2.15. The second kappa shape index (κ2) is 7.02. The van der Waals surface area contributed by atoms with E-state index < -0.39 is 18.0 Å². The number of aliphatic hydroxyl groups excluding tert-OH is 2. The van der Waals surface area contributed by atoms with Crippen LogP contribution < -0.4 is 11.1 Å².